The molecule has 1 aromatic carbocycles. The predicted molar refractivity (Wildman–Crippen MR) is 74.1 cm³/mol. The molecule has 2 unspecified atom stereocenters. The van der Waals surface area contributed by atoms with Crippen LogP contribution < -0.4 is 5.32 Å². The molecular weight excluding hydrogens is 206 g/mol. The van der Waals surface area contributed by atoms with Gasteiger partial charge in [0.15, 0.2) is 0 Å². The van der Waals surface area contributed by atoms with Gasteiger partial charge in [0.1, 0.15) is 0 Å². The van der Waals surface area contributed by atoms with Gasteiger partial charge in [0.2, 0.25) is 0 Å². The normalized spacial score (nSPS) is 19.0. The molecule has 1 aromatic rings. The zero-order chi connectivity index (χ0) is 12.3. The van der Waals surface area contributed by atoms with Crippen molar-refractivity contribution >= 4 is 0 Å². The monoisotopic (exact) mass is 231 g/mol. The molecule has 1 fully saturated rings. The second-order valence-corrected chi connectivity index (χ2v) is 5.58. The zero-order valence-electron chi connectivity index (χ0n) is 11.4. The minimum absolute atomic E-state index is 0.581. The van der Waals surface area contributed by atoms with Crippen LogP contribution in [0.15, 0.2) is 24.3 Å². The van der Waals surface area contributed by atoms with E-state index in [0.29, 0.717) is 12.1 Å². The van der Waals surface area contributed by atoms with E-state index in [2.05, 4.69) is 50.4 Å². The van der Waals surface area contributed by atoms with E-state index in [1.54, 1.807) is 0 Å². The maximum atomic E-state index is 3.82. The maximum Gasteiger partial charge on any atom is 0.0350 e. The molecular formula is C16H25N. The van der Waals surface area contributed by atoms with Crippen molar-refractivity contribution in [1.82, 2.24) is 5.32 Å². The van der Waals surface area contributed by atoms with Crippen LogP contribution in [0.1, 0.15) is 56.7 Å². The smallest absolute Gasteiger partial charge is 0.0350 e. The molecule has 1 nitrogen and oxygen atoms in total. The third-order valence-corrected chi connectivity index (χ3v) is 3.72. The summed E-state index contributed by atoms with van der Waals surface area (Å²) < 4.78 is 0. The molecule has 2 atom stereocenters. The van der Waals surface area contributed by atoms with Crippen molar-refractivity contribution in [3.8, 4) is 0 Å². The van der Waals surface area contributed by atoms with Crippen molar-refractivity contribution in [3.05, 3.63) is 35.4 Å². The fraction of sp³-hybridized carbons (Fsp3) is 0.625. The van der Waals surface area contributed by atoms with Crippen molar-refractivity contribution < 1.29 is 0 Å². The summed E-state index contributed by atoms with van der Waals surface area (Å²) in [7, 11) is 0. The highest BCUT2D eigenvalue weighted by molar-refractivity contribution is 5.25. The fourth-order valence-corrected chi connectivity index (χ4v) is 2.53. The minimum atomic E-state index is 0.581. The lowest BCUT2D eigenvalue weighted by atomic mass is 9.99. The minimum Gasteiger partial charge on any atom is -0.307 e. The number of hydrogen-bond donors (Lipinski definition) is 1. The number of benzene rings is 1. The van der Waals surface area contributed by atoms with Crippen molar-refractivity contribution in [3.63, 3.8) is 0 Å². The molecule has 1 heteroatoms. The summed E-state index contributed by atoms with van der Waals surface area (Å²) >= 11 is 0. The molecule has 0 heterocycles. The molecule has 17 heavy (non-hydrogen) atoms. The molecule has 0 amide bonds. The molecule has 0 bridgehead atoms. The Morgan fingerprint density at radius 3 is 2.41 bits per heavy atom. The highest BCUT2D eigenvalue weighted by Crippen LogP contribution is 2.41. The van der Waals surface area contributed by atoms with Crippen LogP contribution in [0.3, 0.4) is 0 Å². The maximum absolute atomic E-state index is 3.82. The van der Waals surface area contributed by atoms with E-state index in [1.807, 2.05) is 0 Å². The first-order chi connectivity index (χ1) is 8.20. The molecule has 0 radical (unpaired) electrons. The van der Waals surface area contributed by atoms with E-state index in [0.717, 1.165) is 5.92 Å². The Bertz CT molecular complexity index is 337. The molecule has 0 spiro atoms. The highest BCUT2D eigenvalue weighted by atomic mass is 15.0. The average Bonchev–Trinajstić information content (AvgIpc) is 3.12. The molecule has 1 aliphatic rings. The summed E-state index contributed by atoms with van der Waals surface area (Å²) in [5.74, 6) is 0.872. The van der Waals surface area contributed by atoms with Crippen LogP contribution in [-0.4, -0.2) is 6.04 Å². The van der Waals surface area contributed by atoms with Crippen molar-refractivity contribution in [2.45, 2.75) is 58.5 Å². The van der Waals surface area contributed by atoms with Gasteiger partial charge in [-0.05, 0) is 44.6 Å². The molecule has 2 rings (SSSR count). The summed E-state index contributed by atoms with van der Waals surface area (Å²) in [4.78, 5) is 0. The molecule has 0 aromatic heterocycles. The van der Waals surface area contributed by atoms with Crippen LogP contribution in [0, 0.1) is 12.8 Å². The van der Waals surface area contributed by atoms with Gasteiger partial charge in [0.25, 0.3) is 0 Å². The van der Waals surface area contributed by atoms with E-state index in [4.69, 9.17) is 0 Å². The van der Waals surface area contributed by atoms with Gasteiger partial charge in [0, 0.05) is 12.1 Å². The highest BCUT2D eigenvalue weighted by Gasteiger charge is 2.32. The molecule has 0 aliphatic heterocycles. The summed E-state index contributed by atoms with van der Waals surface area (Å²) in [5.41, 5.74) is 2.82. The first-order valence-electron chi connectivity index (χ1n) is 7.03. The SMILES string of the molecule is CCCC(C)NC(c1ccc(C)cc1)C1CC1. The summed E-state index contributed by atoms with van der Waals surface area (Å²) in [6, 6.07) is 10.3. The third-order valence-electron chi connectivity index (χ3n) is 3.72. The lowest BCUT2D eigenvalue weighted by Gasteiger charge is -2.23. The van der Waals surface area contributed by atoms with E-state index in [9.17, 15) is 0 Å². The Hall–Kier alpha value is -0.820. The van der Waals surface area contributed by atoms with Crippen LogP contribution in [0.5, 0.6) is 0 Å². The number of nitrogens with one attached hydrogen (secondary N) is 1. The van der Waals surface area contributed by atoms with E-state index >= 15 is 0 Å². The number of rotatable bonds is 6. The summed E-state index contributed by atoms with van der Waals surface area (Å²) in [6.45, 7) is 6.73. The van der Waals surface area contributed by atoms with Crippen LogP contribution >= 0.6 is 0 Å². The van der Waals surface area contributed by atoms with Gasteiger partial charge in [-0.3, -0.25) is 0 Å². The van der Waals surface area contributed by atoms with Crippen LogP contribution in [0.2, 0.25) is 0 Å². The van der Waals surface area contributed by atoms with Crippen molar-refractivity contribution in [2.75, 3.05) is 0 Å². The first kappa shape index (κ1) is 12.6. The topological polar surface area (TPSA) is 12.0 Å². The van der Waals surface area contributed by atoms with Crippen LogP contribution in [0.4, 0.5) is 0 Å². The standard InChI is InChI=1S/C16H25N/c1-4-5-13(3)17-16(15-10-11-15)14-8-6-12(2)7-9-14/h6-9,13,15-17H,4-5,10-11H2,1-3H3. The number of hydrogen-bond acceptors (Lipinski definition) is 1. The van der Waals surface area contributed by atoms with Crippen LogP contribution in [-0.2, 0) is 0 Å². The van der Waals surface area contributed by atoms with Gasteiger partial charge in [-0.15, -0.1) is 0 Å². The van der Waals surface area contributed by atoms with Gasteiger partial charge in [-0.2, -0.15) is 0 Å². The largest absolute Gasteiger partial charge is 0.307 e. The van der Waals surface area contributed by atoms with Gasteiger partial charge in [-0.1, -0.05) is 43.2 Å². The van der Waals surface area contributed by atoms with E-state index in [1.165, 1.54) is 36.8 Å². The Morgan fingerprint density at radius 2 is 1.88 bits per heavy atom. The molecule has 1 saturated carbocycles. The van der Waals surface area contributed by atoms with Crippen molar-refractivity contribution in [1.29, 1.82) is 0 Å². The Kier molecular flexibility index (Phi) is 4.22. The van der Waals surface area contributed by atoms with E-state index in [-0.39, 0.29) is 0 Å². The van der Waals surface area contributed by atoms with Crippen molar-refractivity contribution in [2.24, 2.45) is 5.92 Å². The summed E-state index contributed by atoms with van der Waals surface area (Å²) in [5, 5.41) is 3.82. The van der Waals surface area contributed by atoms with Gasteiger partial charge in [-0.25, -0.2) is 0 Å². The molecule has 1 aliphatic carbocycles. The first-order valence-corrected chi connectivity index (χ1v) is 7.03. The van der Waals surface area contributed by atoms with E-state index < -0.39 is 0 Å². The second-order valence-electron chi connectivity index (χ2n) is 5.58. The Balaban J connectivity index is 2.04. The fourth-order valence-electron chi connectivity index (χ4n) is 2.53. The molecule has 1 N–H and O–H groups in total. The van der Waals surface area contributed by atoms with Gasteiger partial charge in [0.05, 0.1) is 0 Å². The third kappa shape index (κ3) is 3.57. The summed E-state index contributed by atoms with van der Waals surface area (Å²) in [6.07, 6.45) is 5.32. The van der Waals surface area contributed by atoms with Gasteiger partial charge < -0.3 is 5.32 Å². The zero-order valence-corrected chi connectivity index (χ0v) is 11.4. The average molecular weight is 231 g/mol. The van der Waals surface area contributed by atoms with Gasteiger partial charge >= 0.3 is 0 Å². The quantitative estimate of drug-likeness (QED) is 0.772. The Morgan fingerprint density at radius 1 is 1.24 bits per heavy atom. The van der Waals surface area contributed by atoms with Crippen LogP contribution in [0.25, 0.3) is 0 Å². The number of aryl methyl sites for hydroxylation is 1. The molecule has 0 saturated heterocycles. The second kappa shape index (κ2) is 5.68. The lowest BCUT2D eigenvalue weighted by Crippen LogP contribution is -2.31. The Labute approximate surface area is 106 Å². The predicted octanol–water partition coefficient (Wildman–Crippen LogP) is 4.22. The lowest BCUT2D eigenvalue weighted by molar-refractivity contribution is 0.401. The molecule has 94 valence electrons.